The molecule has 1 saturated heterocycles. The van der Waals surface area contributed by atoms with Crippen LogP contribution >= 0.6 is 24.0 Å². The van der Waals surface area contributed by atoms with Crippen molar-refractivity contribution in [1.82, 2.24) is 25.5 Å². The first kappa shape index (κ1) is 24.3. The zero-order valence-electron chi connectivity index (χ0n) is 18.8. The number of nitrogens with zero attached hydrogens (tertiary/aromatic N) is 3. The predicted molar refractivity (Wildman–Crippen MR) is 141 cm³/mol. The summed E-state index contributed by atoms with van der Waals surface area (Å²) >= 11 is 0. The van der Waals surface area contributed by atoms with E-state index in [1.165, 1.54) is 18.4 Å². The van der Waals surface area contributed by atoms with Crippen molar-refractivity contribution in [3.05, 3.63) is 59.9 Å². The van der Waals surface area contributed by atoms with Crippen LogP contribution in [0.1, 0.15) is 30.3 Å². The van der Waals surface area contributed by atoms with E-state index in [0.717, 1.165) is 61.2 Å². The van der Waals surface area contributed by atoms with Crippen LogP contribution in [0.25, 0.3) is 11.0 Å². The fourth-order valence-electron chi connectivity index (χ4n) is 4.17. The molecular formula is C24H33IN6O. The van der Waals surface area contributed by atoms with Crippen LogP contribution in [0.4, 0.5) is 0 Å². The maximum absolute atomic E-state index is 5.32. The average Bonchev–Trinajstić information content (AvgIpc) is 3.48. The van der Waals surface area contributed by atoms with E-state index in [1.54, 1.807) is 7.11 Å². The Bertz CT molecular complexity index is 964. The Morgan fingerprint density at radius 3 is 2.56 bits per heavy atom. The Hall–Kier alpha value is -2.33. The first-order valence-electron chi connectivity index (χ1n) is 11.0. The van der Waals surface area contributed by atoms with Gasteiger partial charge in [0.1, 0.15) is 11.6 Å². The van der Waals surface area contributed by atoms with Gasteiger partial charge in [0.2, 0.25) is 0 Å². The molecular weight excluding hydrogens is 515 g/mol. The Morgan fingerprint density at radius 1 is 1.12 bits per heavy atom. The molecule has 8 heteroatoms. The maximum Gasteiger partial charge on any atom is 0.191 e. The van der Waals surface area contributed by atoms with Gasteiger partial charge in [-0.15, -0.1) is 24.0 Å². The highest BCUT2D eigenvalue weighted by Gasteiger charge is 2.23. The molecule has 4 rings (SSSR count). The molecule has 1 aromatic heterocycles. The van der Waals surface area contributed by atoms with Gasteiger partial charge in [0.05, 0.1) is 24.2 Å². The fraction of sp³-hybridized carbons (Fsp3) is 0.417. The molecule has 172 valence electrons. The van der Waals surface area contributed by atoms with Crippen LogP contribution in [0.5, 0.6) is 5.75 Å². The number of ether oxygens (including phenoxy) is 1. The highest BCUT2D eigenvalue weighted by atomic mass is 127. The summed E-state index contributed by atoms with van der Waals surface area (Å²) in [6.07, 6.45) is 3.33. The van der Waals surface area contributed by atoms with Gasteiger partial charge >= 0.3 is 0 Å². The molecule has 0 radical (unpaired) electrons. The second kappa shape index (κ2) is 12.1. The number of likely N-dealkylation sites (tertiary alicyclic amines) is 1. The Kier molecular flexibility index (Phi) is 9.16. The van der Waals surface area contributed by atoms with Crippen molar-refractivity contribution in [1.29, 1.82) is 0 Å². The number of aromatic amines is 1. The molecule has 0 bridgehead atoms. The molecule has 3 N–H and O–H groups in total. The van der Waals surface area contributed by atoms with Crippen LogP contribution in [0.15, 0.2) is 53.5 Å². The third kappa shape index (κ3) is 6.13. The SMILES string of the molecule is CN=C(NCCc1nc2ccccc2[nH]1)NCC(c1ccc(OC)cc1)N1CCCC1.I. The molecule has 32 heavy (non-hydrogen) atoms. The Labute approximate surface area is 207 Å². The molecule has 1 aliphatic rings. The van der Waals surface area contributed by atoms with Gasteiger partial charge in [0, 0.05) is 26.6 Å². The third-order valence-corrected chi connectivity index (χ3v) is 5.86. The number of methoxy groups -OCH3 is 1. The summed E-state index contributed by atoms with van der Waals surface area (Å²) in [5, 5.41) is 6.94. The third-order valence-electron chi connectivity index (χ3n) is 5.86. The largest absolute Gasteiger partial charge is 0.497 e. The summed E-state index contributed by atoms with van der Waals surface area (Å²) in [5.41, 5.74) is 3.38. The number of aliphatic imine (C=N–C) groups is 1. The van der Waals surface area contributed by atoms with E-state index in [2.05, 4.69) is 48.7 Å². The first-order valence-corrected chi connectivity index (χ1v) is 11.0. The van der Waals surface area contributed by atoms with Gasteiger partial charge in [-0.1, -0.05) is 24.3 Å². The van der Waals surface area contributed by atoms with Crippen molar-refractivity contribution in [2.24, 2.45) is 4.99 Å². The standard InChI is InChI=1S/C24H32N6O.HI/c1-25-24(26-14-13-23-28-20-7-3-4-8-21(20)29-23)27-17-22(30-15-5-6-16-30)18-9-11-19(31-2)12-10-18;/h3-4,7-12,22H,5-6,13-17H2,1-2H3,(H,28,29)(H2,25,26,27);1H. The normalized spacial score (nSPS) is 15.4. The number of rotatable bonds is 8. The minimum Gasteiger partial charge on any atom is -0.497 e. The number of benzene rings is 2. The number of H-pyrrole nitrogens is 1. The molecule has 1 atom stereocenters. The van der Waals surface area contributed by atoms with Crippen molar-refractivity contribution in [2.75, 3.05) is 40.3 Å². The summed E-state index contributed by atoms with van der Waals surface area (Å²) in [5.74, 6) is 2.69. The van der Waals surface area contributed by atoms with E-state index >= 15 is 0 Å². The molecule has 7 nitrogen and oxygen atoms in total. The van der Waals surface area contributed by atoms with Crippen LogP contribution in [0.3, 0.4) is 0 Å². The van der Waals surface area contributed by atoms with Gasteiger partial charge in [-0.25, -0.2) is 4.98 Å². The van der Waals surface area contributed by atoms with Crippen molar-refractivity contribution in [2.45, 2.75) is 25.3 Å². The van der Waals surface area contributed by atoms with E-state index in [1.807, 2.05) is 37.4 Å². The summed E-state index contributed by atoms with van der Waals surface area (Å²) in [7, 11) is 3.52. The number of guanidine groups is 1. The highest BCUT2D eigenvalue weighted by molar-refractivity contribution is 14.0. The van der Waals surface area contributed by atoms with E-state index in [0.29, 0.717) is 6.04 Å². The minimum absolute atomic E-state index is 0. The molecule has 1 fully saturated rings. The van der Waals surface area contributed by atoms with Crippen LogP contribution in [0, 0.1) is 0 Å². The molecule has 2 aromatic carbocycles. The maximum atomic E-state index is 5.32. The zero-order valence-corrected chi connectivity index (χ0v) is 21.1. The lowest BCUT2D eigenvalue weighted by molar-refractivity contribution is 0.245. The lowest BCUT2D eigenvalue weighted by Gasteiger charge is -2.29. The molecule has 3 aromatic rings. The van der Waals surface area contributed by atoms with Crippen molar-refractivity contribution >= 4 is 41.0 Å². The van der Waals surface area contributed by atoms with Crippen molar-refractivity contribution in [3.8, 4) is 5.75 Å². The average molecular weight is 548 g/mol. The summed E-state index contributed by atoms with van der Waals surface area (Å²) < 4.78 is 5.32. The number of para-hydroxylation sites is 2. The number of nitrogens with one attached hydrogen (secondary N) is 3. The van der Waals surface area contributed by atoms with E-state index in [-0.39, 0.29) is 24.0 Å². The molecule has 1 unspecified atom stereocenters. The molecule has 0 aliphatic carbocycles. The van der Waals surface area contributed by atoms with Crippen LogP contribution in [-0.2, 0) is 6.42 Å². The van der Waals surface area contributed by atoms with Gasteiger partial charge in [-0.05, 0) is 55.8 Å². The molecule has 2 heterocycles. The fourth-order valence-corrected chi connectivity index (χ4v) is 4.17. The topological polar surface area (TPSA) is 77.6 Å². The first-order chi connectivity index (χ1) is 15.3. The highest BCUT2D eigenvalue weighted by Crippen LogP contribution is 2.26. The van der Waals surface area contributed by atoms with Gasteiger partial charge in [0.25, 0.3) is 0 Å². The summed E-state index contributed by atoms with van der Waals surface area (Å²) in [6.45, 7) is 3.83. The van der Waals surface area contributed by atoms with Crippen molar-refractivity contribution in [3.63, 3.8) is 0 Å². The second-order valence-electron chi connectivity index (χ2n) is 7.86. The number of aromatic nitrogens is 2. The summed E-state index contributed by atoms with van der Waals surface area (Å²) in [4.78, 5) is 15.0. The number of hydrogen-bond donors (Lipinski definition) is 3. The van der Waals surface area contributed by atoms with Gasteiger partial charge in [0.15, 0.2) is 5.96 Å². The minimum atomic E-state index is 0. The van der Waals surface area contributed by atoms with Crippen LogP contribution in [-0.4, -0.2) is 61.2 Å². The lowest BCUT2D eigenvalue weighted by atomic mass is 10.1. The van der Waals surface area contributed by atoms with Crippen LogP contribution < -0.4 is 15.4 Å². The lowest BCUT2D eigenvalue weighted by Crippen LogP contribution is -2.43. The quantitative estimate of drug-likeness (QED) is 0.227. The smallest absolute Gasteiger partial charge is 0.191 e. The molecule has 1 aliphatic heterocycles. The number of imidazole rings is 1. The van der Waals surface area contributed by atoms with Crippen LogP contribution in [0.2, 0.25) is 0 Å². The Balaban J connectivity index is 0.00000289. The zero-order chi connectivity index (χ0) is 21.5. The number of hydrogen-bond acceptors (Lipinski definition) is 4. The van der Waals surface area contributed by atoms with E-state index in [9.17, 15) is 0 Å². The van der Waals surface area contributed by atoms with Gasteiger partial charge in [-0.3, -0.25) is 9.89 Å². The van der Waals surface area contributed by atoms with E-state index in [4.69, 9.17) is 4.74 Å². The van der Waals surface area contributed by atoms with Crippen molar-refractivity contribution < 1.29 is 4.74 Å². The monoisotopic (exact) mass is 548 g/mol. The molecule has 0 spiro atoms. The number of halogens is 1. The van der Waals surface area contributed by atoms with E-state index < -0.39 is 0 Å². The van der Waals surface area contributed by atoms with Gasteiger partial charge < -0.3 is 20.4 Å². The molecule has 0 saturated carbocycles. The molecule has 0 amide bonds. The predicted octanol–water partition coefficient (Wildman–Crippen LogP) is 3.73. The van der Waals surface area contributed by atoms with Gasteiger partial charge in [-0.2, -0.15) is 0 Å². The Morgan fingerprint density at radius 2 is 1.88 bits per heavy atom. The summed E-state index contributed by atoms with van der Waals surface area (Å²) in [6, 6.07) is 16.8. The second-order valence-corrected chi connectivity index (χ2v) is 7.86. The number of fused-ring (bicyclic) bond motifs is 1.